The van der Waals surface area contributed by atoms with Gasteiger partial charge in [-0.25, -0.2) is 4.98 Å². The molecular formula is C28H28N4O3. The Balaban J connectivity index is 1.56. The van der Waals surface area contributed by atoms with Gasteiger partial charge >= 0.3 is 0 Å². The van der Waals surface area contributed by atoms with Crippen LogP contribution in [0.1, 0.15) is 22.8 Å². The van der Waals surface area contributed by atoms with Gasteiger partial charge in [-0.3, -0.25) is 19.5 Å². The van der Waals surface area contributed by atoms with Crippen LogP contribution in [0.3, 0.4) is 0 Å². The molecule has 1 aromatic heterocycles. The summed E-state index contributed by atoms with van der Waals surface area (Å²) >= 11 is 0. The van der Waals surface area contributed by atoms with E-state index in [1.807, 2.05) is 79.2 Å². The Hall–Kier alpha value is -4.39. The maximum absolute atomic E-state index is 13.0. The molecule has 0 spiro atoms. The van der Waals surface area contributed by atoms with Gasteiger partial charge in [0.25, 0.3) is 5.91 Å². The van der Waals surface area contributed by atoms with Gasteiger partial charge in [-0.2, -0.15) is 0 Å². The number of amides is 2. The summed E-state index contributed by atoms with van der Waals surface area (Å²) in [6.07, 6.45) is 1.90. The number of aryl methyl sites for hydroxylation is 1. The molecule has 0 fully saturated rings. The van der Waals surface area contributed by atoms with E-state index in [9.17, 15) is 9.59 Å². The van der Waals surface area contributed by atoms with E-state index in [1.165, 1.54) is 4.90 Å². The number of hydrogen-bond donors (Lipinski definition) is 1. The molecule has 0 aliphatic heterocycles. The van der Waals surface area contributed by atoms with Crippen molar-refractivity contribution in [3.63, 3.8) is 0 Å². The Morgan fingerprint density at radius 2 is 1.66 bits per heavy atom. The maximum Gasteiger partial charge on any atom is 0.254 e. The SMILES string of the molecule is CCN(CC(=O)Nc1nc(-c2ccccc2)cn1-c1ccc(C)cc1)C(=O)c1ccc(OC)cc1. The molecule has 178 valence electrons. The van der Waals surface area contributed by atoms with Gasteiger partial charge in [0.2, 0.25) is 11.9 Å². The van der Waals surface area contributed by atoms with E-state index >= 15 is 0 Å². The predicted molar refractivity (Wildman–Crippen MR) is 137 cm³/mol. The molecule has 0 aliphatic rings. The van der Waals surface area contributed by atoms with Crippen LogP contribution >= 0.6 is 0 Å². The number of anilines is 1. The third-order valence-corrected chi connectivity index (χ3v) is 5.68. The molecule has 0 bridgehead atoms. The number of nitrogens with zero attached hydrogens (tertiary/aromatic N) is 3. The number of likely N-dealkylation sites (N-methyl/N-ethyl adjacent to an activating group) is 1. The van der Waals surface area contributed by atoms with E-state index in [0.29, 0.717) is 23.8 Å². The molecule has 0 atom stereocenters. The number of methoxy groups -OCH3 is 1. The van der Waals surface area contributed by atoms with Crippen LogP contribution in [0.2, 0.25) is 0 Å². The molecule has 3 aromatic carbocycles. The average molecular weight is 469 g/mol. The molecular weight excluding hydrogens is 440 g/mol. The van der Waals surface area contributed by atoms with Crippen LogP contribution in [0.4, 0.5) is 5.95 Å². The number of carbonyl (C=O) groups excluding carboxylic acids is 2. The van der Waals surface area contributed by atoms with Crippen molar-refractivity contribution in [2.45, 2.75) is 13.8 Å². The molecule has 4 aromatic rings. The summed E-state index contributed by atoms with van der Waals surface area (Å²) in [7, 11) is 1.57. The lowest BCUT2D eigenvalue weighted by Crippen LogP contribution is -2.38. The highest BCUT2D eigenvalue weighted by Gasteiger charge is 2.20. The van der Waals surface area contributed by atoms with Gasteiger partial charge < -0.3 is 9.64 Å². The molecule has 0 saturated heterocycles. The van der Waals surface area contributed by atoms with E-state index in [0.717, 1.165) is 22.5 Å². The van der Waals surface area contributed by atoms with Gasteiger partial charge in [0.1, 0.15) is 12.3 Å². The van der Waals surface area contributed by atoms with Crippen LogP contribution in [-0.4, -0.2) is 46.5 Å². The van der Waals surface area contributed by atoms with Gasteiger partial charge in [-0.05, 0) is 50.2 Å². The van der Waals surface area contributed by atoms with Crippen molar-refractivity contribution in [2.24, 2.45) is 0 Å². The normalized spacial score (nSPS) is 10.6. The Bertz CT molecular complexity index is 1300. The molecule has 1 N–H and O–H groups in total. The monoisotopic (exact) mass is 468 g/mol. The minimum atomic E-state index is -0.327. The highest BCUT2D eigenvalue weighted by Crippen LogP contribution is 2.24. The third kappa shape index (κ3) is 5.58. The number of aromatic nitrogens is 2. The van der Waals surface area contributed by atoms with Crippen molar-refractivity contribution in [2.75, 3.05) is 25.5 Å². The molecule has 7 heteroatoms. The van der Waals surface area contributed by atoms with E-state index in [1.54, 1.807) is 31.4 Å². The van der Waals surface area contributed by atoms with Gasteiger partial charge in [0.15, 0.2) is 0 Å². The van der Waals surface area contributed by atoms with Crippen molar-refractivity contribution in [3.05, 3.63) is 96.2 Å². The second-order valence-electron chi connectivity index (χ2n) is 8.12. The van der Waals surface area contributed by atoms with Crippen molar-refractivity contribution < 1.29 is 14.3 Å². The summed E-state index contributed by atoms with van der Waals surface area (Å²) in [5.74, 6) is 0.509. The lowest BCUT2D eigenvalue weighted by molar-refractivity contribution is -0.116. The Kier molecular flexibility index (Phi) is 7.26. The van der Waals surface area contributed by atoms with Crippen LogP contribution in [0.15, 0.2) is 85.1 Å². The molecule has 7 nitrogen and oxygen atoms in total. The molecule has 35 heavy (non-hydrogen) atoms. The van der Waals surface area contributed by atoms with Crippen molar-refractivity contribution in [1.29, 1.82) is 0 Å². The van der Waals surface area contributed by atoms with Gasteiger partial charge in [0, 0.05) is 29.6 Å². The smallest absolute Gasteiger partial charge is 0.254 e. The Morgan fingerprint density at radius 1 is 0.971 bits per heavy atom. The molecule has 0 saturated carbocycles. The first kappa shape index (κ1) is 23.8. The molecule has 0 aliphatic carbocycles. The van der Waals surface area contributed by atoms with Gasteiger partial charge in [0.05, 0.1) is 12.8 Å². The van der Waals surface area contributed by atoms with Crippen LogP contribution in [0.25, 0.3) is 16.9 Å². The lowest BCUT2D eigenvalue weighted by Gasteiger charge is -2.20. The average Bonchev–Trinajstić information content (AvgIpc) is 3.31. The summed E-state index contributed by atoms with van der Waals surface area (Å²) in [5, 5.41) is 2.90. The second-order valence-corrected chi connectivity index (χ2v) is 8.12. The zero-order valence-electron chi connectivity index (χ0n) is 20.1. The van der Waals surface area contributed by atoms with Crippen molar-refractivity contribution in [1.82, 2.24) is 14.5 Å². The van der Waals surface area contributed by atoms with E-state index < -0.39 is 0 Å². The number of rotatable bonds is 8. The fourth-order valence-corrected chi connectivity index (χ4v) is 3.70. The molecule has 0 unspecified atom stereocenters. The van der Waals surface area contributed by atoms with Crippen molar-refractivity contribution in [3.8, 4) is 22.7 Å². The first-order valence-electron chi connectivity index (χ1n) is 11.4. The summed E-state index contributed by atoms with van der Waals surface area (Å²) in [6, 6.07) is 24.6. The number of imidazole rings is 1. The van der Waals surface area contributed by atoms with Crippen LogP contribution < -0.4 is 10.1 Å². The number of ether oxygens (including phenoxy) is 1. The standard InChI is InChI=1S/C28H28N4O3/c1-4-31(27(34)22-12-16-24(35-3)17-13-22)19-26(33)30-28-29-25(21-8-6-5-7-9-21)18-32(28)23-14-10-20(2)11-15-23/h5-18H,4,19H2,1-3H3,(H,29,30,33). The molecule has 2 amide bonds. The molecule has 4 rings (SSSR count). The summed E-state index contributed by atoms with van der Waals surface area (Å²) in [6.45, 7) is 4.16. The quantitative estimate of drug-likeness (QED) is 0.397. The number of carbonyl (C=O) groups is 2. The third-order valence-electron chi connectivity index (χ3n) is 5.68. The van der Waals surface area contributed by atoms with Crippen LogP contribution in [-0.2, 0) is 4.79 Å². The van der Waals surface area contributed by atoms with E-state index in [4.69, 9.17) is 4.74 Å². The summed E-state index contributed by atoms with van der Waals surface area (Å²) < 4.78 is 7.00. The Labute approximate surface area is 205 Å². The first-order chi connectivity index (χ1) is 17.0. The summed E-state index contributed by atoms with van der Waals surface area (Å²) in [5.41, 5.74) is 4.19. The minimum Gasteiger partial charge on any atom is -0.497 e. The second kappa shape index (κ2) is 10.7. The topological polar surface area (TPSA) is 76.5 Å². The maximum atomic E-state index is 13.0. The zero-order valence-corrected chi connectivity index (χ0v) is 20.1. The van der Waals surface area contributed by atoms with Crippen LogP contribution in [0.5, 0.6) is 5.75 Å². The van der Waals surface area contributed by atoms with Gasteiger partial charge in [-0.1, -0.05) is 48.0 Å². The van der Waals surface area contributed by atoms with Gasteiger partial charge in [-0.15, -0.1) is 0 Å². The molecule has 1 heterocycles. The van der Waals surface area contributed by atoms with E-state index in [-0.39, 0.29) is 18.4 Å². The number of nitrogens with one attached hydrogen (secondary N) is 1. The van der Waals surface area contributed by atoms with Crippen molar-refractivity contribution >= 4 is 17.8 Å². The largest absolute Gasteiger partial charge is 0.497 e. The fraction of sp³-hybridized carbons (Fsp3) is 0.179. The van der Waals surface area contributed by atoms with E-state index in [2.05, 4.69) is 10.3 Å². The lowest BCUT2D eigenvalue weighted by atomic mass is 10.2. The molecule has 0 radical (unpaired) electrons. The minimum absolute atomic E-state index is 0.0945. The first-order valence-corrected chi connectivity index (χ1v) is 11.4. The summed E-state index contributed by atoms with van der Waals surface area (Å²) in [4.78, 5) is 32.2. The fourth-order valence-electron chi connectivity index (χ4n) is 3.70. The predicted octanol–water partition coefficient (Wildman–Crippen LogP) is 4.96. The number of hydrogen-bond acceptors (Lipinski definition) is 4. The van der Waals surface area contributed by atoms with Crippen LogP contribution in [0, 0.1) is 6.92 Å². The highest BCUT2D eigenvalue weighted by atomic mass is 16.5. The Morgan fingerprint density at radius 3 is 2.29 bits per heavy atom. The highest BCUT2D eigenvalue weighted by molar-refractivity contribution is 5.99. The number of benzene rings is 3. The zero-order chi connectivity index (χ0) is 24.8.